The number of benzene rings is 1. The van der Waals surface area contributed by atoms with Crippen LogP contribution in [-0.4, -0.2) is 18.0 Å². The van der Waals surface area contributed by atoms with E-state index in [-0.39, 0.29) is 5.78 Å². The first-order chi connectivity index (χ1) is 8.22. The third kappa shape index (κ3) is 2.54. The topological polar surface area (TPSA) is 46.5 Å². The number of hydrogen-bond acceptors (Lipinski definition) is 4. The van der Waals surface area contributed by atoms with E-state index < -0.39 is 6.10 Å². The lowest BCUT2D eigenvalue weighted by atomic mass is 10.0. The van der Waals surface area contributed by atoms with Crippen molar-refractivity contribution in [2.24, 2.45) is 0 Å². The molecule has 0 amide bonds. The van der Waals surface area contributed by atoms with Gasteiger partial charge in [-0.2, -0.15) is 11.3 Å². The molecule has 1 unspecified atom stereocenters. The Morgan fingerprint density at radius 3 is 2.53 bits per heavy atom. The SMILES string of the molecule is COc1ccc(C(=O)C(O)c2ccsc2)cc1. The fraction of sp³-hybridized carbons (Fsp3) is 0.154. The molecule has 0 aliphatic heterocycles. The maximum atomic E-state index is 12.0. The van der Waals surface area contributed by atoms with Gasteiger partial charge < -0.3 is 9.84 Å². The van der Waals surface area contributed by atoms with Crippen LogP contribution in [0, 0.1) is 0 Å². The summed E-state index contributed by atoms with van der Waals surface area (Å²) in [4.78, 5) is 12.0. The summed E-state index contributed by atoms with van der Waals surface area (Å²) in [5.41, 5.74) is 1.11. The number of methoxy groups -OCH3 is 1. The van der Waals surface area contributed by atoms with Gasteiger partial charge in [-0.1, -0.05) is 0 Å². The zero-order valence-electron chi connectivity index (χ0n) is 9.29. The number of thiophene rings is 1. The molecule has 4 heteroatoms. The number of carbonyl (C=O) groups is 1. The summed E-state index contributed by atoms with van der Waals surface area (Å²) < 4.78 is 5.01. The van der Waals surface area contributed by atoms with Gasteiger partial charge in [0, 0.05) is 5.56 Å². The second-order valence-electron chi connectivity index (χ2n) is 3.55. The summed E-state index contributed by atoms with van der Waals surface area (Å²) in [6, 6.07) is 8.45. The van der Waals surface area contributed by atoms with Crippen LogP contribution in [0.4, 0.5) is 0 Å². The summed E-state index contributed by atoms with van der Waals surface area (Å²) in [6.45, 7) is 0. The van der Waals surface area contributed by atoms with Gasteiger partial charge in [-0.25, -0.2) is 0 Å². The number of hydrogen-bond donors (Lipinski definition) is 1. The monoisotopic (exact) mass is 248 g/mol. The van der Waals surface area contributed by atoms with E-state index in [1.807, 2.05) is 5.38 Å². The molecule has 2 aromatic rings. The van der Waals surface area contributed by atoms with Crippen LogP contribution < -0.4 is 4.74 Å². The number of ether oxygens (including phenoxy) is 1. The molecular formula is C13H12O3S. The van der Waals surface area contributed by atoms with Crippen LogP contribution in [0.15, 0.2) is 41.1 Å². The van der Waals surface area contributed by atoms with Crippen LogP contribution in [0.3, 0.4) is 0 Å². The van der Waals surface area contributed by atoms with Gasteiger partial charge in [0.2, 0.25) is 0 Å². The first-order valence-electron chi connectivity index (χ1n) is 5.11. The van der Waals surface area contributed by atoms with E-state index in [0.29, 0.717) is 16.9 Å². The Morgan fingerprint density at radius 1 is 1.29 bits per heavy atom. The number of Topliss-reactive ketones (excluding diaryl/α,β-unsaturated/α-hetero) is 1. The fourth-order valence-electron chi connectivity index (χ4n) is 1.50. The molecule has 0 aliphatic rings. The Morgan fingerprint density at radius 2 is 2.00 bits per heavy atom. The summed E-state index contributed by atoms with van der Waals surface area (Å²) in [5.74, 6) is 0.387. The largest absolute Gasteiger partial charge is 0.497 e. The highest BCUT2D eigenvalue weighted by Crippen LogP contribution is 2.21. The lowest BCUT2D eigenvalue weighted by Crippen LogP contribution is -2.11. The van der Waals surface area contributed by atoms with Gasteiger partial charge in [0.1, 0.15) is 11.9 Å². The van der Waals surface area contributed by atoms with Crippen molar-refractivity contribution >= 4 is 17.1 Å². The lowest BCUT2D eigenvalue weighted by Gasteiger charge is -2.08. The highest BCUT2D eigenvalue weighted by molar-refractivity contribution is 7.08. The van der Waals surface area contributed by atoms with Crippen molar-refractivity contribution in [1.29, 1.82) is 0 Å². The van der Waals surface area contributed by atoms with Crippen molar-refractivity contribution in [3.05, 3.63) is 52.2 Å². The molecule has 88 valence electrons. The molecule has 0 saturated heterocycles. The van der Waals surface area contributed by atoms with Crippen LogP contribution in [-0.2, 0) is 0 Å². The van der Waals surface area contributed by atoms with Crippen molar-refractivity contribution in [3.63, 3.8) is 0 Å². The minimum Gasteiger partial charge on any atom is -0.497 e. The van der Waals surface area contributed by atoms with E-state index in [9.17, 15) is 9.90 Å². The summed E-state index contributed by atoms with van der Waals surface area (Å²) >= 11 is 1.45. The molecule has 0 fully saturated rings. The Hall–Kier alpha value is -1.65. The van der Waals surface area contributed by atoms with Crippen LogP contribution in [0.2, 0.25) is 0 Å². The lowest BCUT2D eigenvalue weighted by molar-refractivity contribution is 0.0748. The molecular weight excluding hydrogens is 236 g/mol. The highest BCUT2D eigenvalue weighted by atomic mass is 32.1. The zero-order chi connectivity index (χ0) is 12.3. The maximum absolute atomic E-state index is 12.0. The first kappa shape index (κ1) is 11.8. The summed E-state index contributed by atoms with van der Waals surface area (Å²) in [7, 11) is 1.57. The Labute approximate surface area is 103 Å². The Balaban J connectivity index is 2.19. The van der Waals surface area contributed by atoms with Gasteiger partial charge in [0.05, 0.1) is 7.11 Å². The standard InChI is InChI=1S/C13H12O3S/c1-16-11-4-2-9(3-5-11)12(14)13(15)10-6-7-17-8-10/h2-8,13,15H,1H3. The van der Waals surface area contributed by atoms with Gasteiger partial charge in [-0.3, -0.25) is 4.79 Å². The van der Waals surface area contributed by atoms with E-state index in [0.717, 1.165) is 0 Å². The molecule has 1 aromatic carbocycles. The van der Waals surface area contributed by atoms with Gasteiger partial charge in [-0.05, 0) is 46.7 Å². The number of rotatable bonds is 4. The van der Waals surface area contributed by atoms with Crippen molar-refractivity contribution in [3.8, 4) is 5.75 Å². The Bertz CT molecular complexity index is 488. The van der Waals surface area contributed by atoms with Gasteiger partial charge in [-0.15, -0.1) is 0 Å². The molecule has 0 aliphatic carbocycles. The van der Waals surface area contributed by atoms with E-state index in [1.165, 1.54) is 11.3 Å². The van der Waals surface area contributed by atoms with Crippen molar-refractivity contribution in [2.45, 2.75) is 6.10 Å². The number of aliphatic hydroxyl groups is 1. The van der Waals surface area contributed by atoms with Crippen LogP contribution in [0.1, 0.15) is 22.0 Å². The Kier molecular flexibility index (Phi) is 3.56. The van der Waals surface area contributed by atoms with E-state index in [2.05, 4.69) is 0 Å². The number of ketones is 1. The third-order valence-corrected chi connectivity index (χ3v) is 3.18. The van der Waals surface area contributed by atoms with Crippen LogP contribution >= 0.6 is 11.3 Å². The van der Waals surface area contributed by atoms with Crippen molar-refractivity contribution < 1.29 is 14.6 Å². The quantitative estimate of drug-likeness (QED) is 0.846. The second-order valence-corrected chi connectivity index (χ2v) is 4.33. The number of aliphatic hydroxyl groups excluding tert-OH is 1. The minimum absolute atomic E-state index is 0.300. The van der Waals surface area contributed by atoms with Crippen molar-refractivity contribution in [1.82, 2.24) is 0 Å². The normalized spacial score (nSPS) is 12.1. The molecule has 1 atom stereocenters. The fourth-order valence-corrected chi connectivity index (χ4v) is 2.17. The molecule has 2 rings (SSSR count). The van der Waals surface area contributed by atoms with Gasteiger partial charge in [0.25, 0.3) is 0 Å². The summed E-state index contributed by atoms with van der Waals surface area (Å²) in [5, 5.41) is 13.5. The predicted molar refractivity (Wildman–Crippen MR) is 66.6 cm³/mol. The predicted octanol–water partition coefficient (Wildman–Crippen LogP) is 2.67. The molecule has 0 radical (unpaired) electrons. The molecule has 0 bridgehead atoms. The summed E-state index contributed by atoms with van der Waals surface area (Å²) in [6.07, 6.45) is -1.09. The molecule has 1 heterocycles. The molecule has 1 N–H and O–H groups in total. The second kappa shape index (κ2) is 5.12. The van der Waals surface area contributed by atoms with Crippen LogP contribution in [0.5, 0.6) is 5.75 Å². The highest BCUT2D eigenvalue weighted by Gasteiger charge is 2.19. The van der Waals surface area contributed by atoms with Gasteiger partial charge in [0.15, 0.2) is 5.78 Å². The molecule has 0 spiro atoms. The minimum atomic E-state index is -1.09. The zero-order valence-corrected chi connectivity index (χ0v) is 10.1. The molecule has 3 nitrogen and oxygen atoms in total. The number of carbonyl (C=O) groups excluding carboxylic acids is 1. The maximum Gasteiger partial charge on any atom is 0.195 e. The molecule has 17 heavy (non-hydrogen) atoms. The van der Waals surface area contributed by atoms with E-state index in [4.69, 9.17) is 4.74 Å². The van der Waals surface area contributed by atoms with Crippen LogP contribution in [0.25, 0.3) is 0 Å². The van der Waals surface area contributed by atoms with Gasteiger partial charge >= 0.3 is 0 Å². The van der Waals surface area contributed by atoms with E-state index >= 15 is 0 Å². The first-order valence-corrected chi connectivity index (χ1v) is 6.05. The molecule has 1 aromatic heterocycles. The van der Waals surface area contributed by atoms with Crippen molar-refractivity contribution in [2.75, 3.05) is 7.11 Å². The average molecular weight is 248 g/mol. The third-order valence-electron chi connectivity index (χ3n) is 2.48. The smallest absolute Gasteiger partial charge is 0.195 e. The van der Waals surface area contributed by atoms with E-state index in [1.54, 1.807) is 42.8 Å². The molecule has 0 saturated carbocycles. The average Bonchev–Trinajstić information content (AvgIpc) is 2.91.